The molecule has 2 N–H and O–H groups in total. The van der Waals surface area contributed by atoms with Crippen LogP contribution in [0, 0.1) is 5.92 Å². The van der Waals surface area contributed by atoms with E-state index < -0.39 is 11.9 Å². The van der Waals surface area contributed by atoms with Crippen molar-refractivity contribution < 1.29 is 19.1 Å². The molecule has 0 atom stereocenters. The second kappa shape index (κ2) is 8.48. The molecule has 0 radical (unpaired) electrons. The van der Waals surface area contributed by atoms with Crippen LogP contribution in [-0.4, -0.2) is 35.6 Å². The van der Waals surface area contributed by atoms with Crippen LogP contribution in [0.3, 0.4) is 0 Å². The highest BCUT2D eigenvalue weighted by Gasteiger charge is 2.19. The number of hydrogen-bond acceptors (Lipinski definition) is 6. The number of hydrogen-bond donors (Lipinski definition) is 2. The largest absolute Gasteiger partial charge is 0.493 e. The molecule has 1 aromatic carbocycles. The summed E-state index contributed by atoms with van der Waals surface area (Å²) in [6.07, 6.45) is 4.74. The quantitative estimate of drug-likeness (QED) is 0.716. The molecule has 27 heavy (non-hydrogen) atoms. The number of amides is 1. The minimum Gasteiger partial charge on any atom is -0.493 e. The Bertz CT molecular complexity index is 889. The SMILES string of the molecule is COC(=O)c1cc(OCC2CCC2)cc(C(=O)NCc2cc(=O)[nH]cn2)c1. The van der Waals surface area contributed by atoms with E-state index >= 15 is 0 Å². The third-order valence-electron chi connectivity index (χ3n) is 4.47. The number of nitrogens with zero attached hydrogens (tertiary/aromatic N) is 1. The molecule has 0 aliphatic heterocycles. The Hall–Kier alpha value is -3.16. The summed E-state index contributed by atoms with van der Waals surface area (Å²) < 4.78 is 10.5. The fourth-order valence-corrected chi connectivity index (χ4v) is 2.70. The smallest absolute Gasteiger partial charge is 0.338 e. The molecule has 1 amide bonds. The average molecular weight is 371 g/mol. The van der Waals surface area contributed by atoms with E-state index in [1.54, 1.807) is 12.1 Å². The van der Waals surface area contributed by atoms with E-state index in [1.165, 1.54) is 32.0 Å². The Kier molecular flexibility index (Phi) is 5.85. The minimum absolute atomic E-state index is 0.0868. The zero-order valence-corrected chi connectivity index (χ0v) is 15.0. The highest BCUT2D eigenvalue weighted by atomic mass is 16.5. The predicted octanol–water partition coefficient (Wildman–Crippen LogP) is 1.67. The number of carbonyl (C=O) groups is 2. The molecule has 0 spiro atoms. The fraction of sp³-hybridized carbons (Fsp3) is 0.368. The van der Waals surface area contributed by atoms with Crippen LogP contribution in [0.4, 0.5) is 0 Å². The number of aromatic nitrogens is 2. The van der Waals surface area contributed by atoms with Crippen molar-refractivity contribution in [3.63, 3.8) is 0 Å². The lowest BCUT2D eigenvalue weighted by Gasteiger charge is -2.25. The third kappa shape index (κ3) is 4.93. The summed E-state index contributed by atoms with van der Waals surface area (Å²) in [7, 11) is 1.28. The lowest BCUT2D eigenvalue weighted by molar-refractivity contribution is 0.0600. The van der Waals surface area contributed by atoms with E-state index in [4.69, 9.17) is 9.47 Å². The van der Waals surface area contributed by atoms with Gasteiger partial charge in [0.2, 0.25) is 0 Å². The monoisotopic (exact) mass is 371 g/mol. The summed E-state index contributed by atoms with van der Waals surface area (Å²) in [6.45, 7) is 0.645. The van der Waals surface area contributed by atoms with Gasteiger partial charge in [0.25, 0.3) is 11.5 Å². The van der Waals surface area contributed by atoms with Gasteiger partial charge in [0.05, 0.1) is 37.8 Å². The Morgan fingerprint density at radius 2 is 2.00 bits per heavy atom. The molecular weight excluding hydrogens is 350 g/mol. The summed E-state index contributed by atoms with van der Waals surface area (Å²) in [5.74, 6) is 0.0151. The van der Waals surface area contributed by atoms with Crippen molar-refractivity contribution >= 4 is 11.9 Å². The molecule has 1 fully saturated rings. The van der Waals surface area contributed by atoms with Gasteiger partial charge in [-0.15, -0.1) is 0 Å². The number of carbonyl (C=O) groups excluding carboxylic acids is 2. The van der Waals surface area contributed by atoms with Crippen LogP contribution in [-0.2, 0) is 11.3 Å². The van der Waals surface area contributed by atoms with Gasteiger partial charge in [-0.3, -0.25) is 9.59 Å². The van der Waals surface area contributed by atoms with Crippen molar-refractivity contribution in [1.29, 1.82) is 0 Å². The minimum atomic E-state index is -0.547. The third-order valence-corrected chi connectivity index (χ3v) is 4.47. The van der Waals surface area contributed by atoms with Crippen LogP contribution in [0.1, 0.15) is 45.7 Å². The molecule has 2 aromatic rings. The molecule has 8 heteroatoms. The van der Waals surface area contributed by atoms with Gasteiger partial charge in [0.1, 0.15) is 5.75 Å². The number of benzene rings is 1. The number of ether oxygens (including phenoxy) is 2. The molecule has 1 aliphatic carbocycles. The van der Waals surface area contributed by atoms with Crippen molar-refractivity contribution in [1.82, 2.24) is 15.3 Å². The summed E-state index contributed by atoms with van der Waals surface area (Å²) in [6, 6.07) is 5.91. The summed E-state index contributed by atoms with van der Waals surface area (Å²) in [5, 5.41) is 2.68. The second-order valence-electron chi connectivity index (χ2n) is 6.43. The molecule has 142 valence electrons. The van der Waals surface area contributed by atoms with Gasteiger partial charge in [-0.05, 0) is 37.0 Å². The molecule has 1 aromatic heterocycles. The maximum absolute atomic E-state index is 12.5. The average Bonchev–Trinajstić information content (AvgIpc) is 2.64. The highest BCUT2D eigenvalue weighted by Crippen LogP contribution is 2.27. The topological polar surface area (TPSA) is 110 Å². The maximum Gasteiger partial charge on any atom is 0.338 e. The van der Waals surface area contributed by atoms with Gasteiger partial charge >= 0.3 is 5.97 Å². The Morgan fingerprint density at radius 1 is 1.22 bits per heavy atom. The van der Waals surface area contributed by atoms with Crippen LogP contribution in [0.5, 0.6) is 5.75 Å². The number of methoxy groups -OCH3 is 1. The molecule has 0 saturated heterocycles. The first-order valence-electron chi connectivity index (χ1n) is 8.73. The van der Waals surface area contributed by atoms with Crippen molar-refractivity contribution in [2.45, 2.75) is 25.8 Å². The zero-order valence-electron chi connectivity index (χ0n) is 15.0. The number of aromatic amines is 1. The van der Waals surface area contributed by atoms with E-state index in [-0.39, 0.29) is 23.2 Å². The second-order valence-corrected chi connectivity index (χ2v) is 6.43. The molecule has 0 unspecified atom stereocenters. The highest BCUT2D eigenvalue weighted by molar-refractivity contribution is 5.98. The van der Waals surface area contributed by atoms with Crippen molar-refractivity contribution in [2.75, 3.05) is 13.7 Å². The van der Waals surface area contributed by atoms with E-state index in [1.807, 2.05) is 0 Å². The standard InChI is InChI=1S/C19H21N3O5/c1-26-19(25)14-5-13(6-16(7-14)27-10-12-3-2-4-12)18(24)20-9-15-8-17(23)22-11-21-15/h5-8,11-12H,2-4,9-10H2,1H3,(H,20,24)(H,21,22,23). The molecule has 8 nitrogen and oxygen atoms in total. The number of rotatable bonds is 7. The van der Waals surface area contributed by atoms with Gasteiger partial charge in [-0.25, -0.2) is 9.78 Å². The van der Waals surface area contributed by atoms with Gasteiger partial charge < -0.3 is 19.8 Å². The summed E-state index contributed by atoms with van der Waals surface area (Å²) in [4.78, 5) is 42.1. The van der Waals surface area contributed by atoms with Gasteiger partial charge in [-0.1, -0.05) is 6.42 Å². The van der Waals surface area contributed by atoms with Crippen LogP contribution in [0.25, 0.3) is 0 Å². The molecule has 3 rings (SSSR count). The maximum atomic E-state index is 12.5. The number of esters is 1. The van der Waals surface area contributed by atoms with Gasteiger partial charge in [-0.2, -0.15) is 0 Å². The van der Waals surface area contributed by atoms with Gasteiger partial charge in [0, 0.05) is 11.6 Å². The lowest BCUT2D eigenvalue weighted by Crippen LogP contribution is -2.25. The van der Waals surface area contributed by atoms with Crippen molar-refractivity contribution in [2.24, 2.45) is 5.92 Å². The summed E-state index contributed by atoms with van der Waals surface area (Å²) >= 11 is 0. The lowest BCUT2D eigenvalue weighted by atomic mass is 9.86. The Balaban J connectivity index is 1.73. The molecule has 1 aliphatic rings. The van der Waals surface area contributed by atoms with E-state index in [0.717, 1.165) is 12.8 Å². The molecule has 1 heterocycles. The van der Waals surface area contributed by atoms with E-state index in [2.05, 4.69) is 15.3 Å². The zero-order chi connectivity index (χ0) is 19.2. The van der Waals surface area contributed by atoms with E-state index in [9.17, 15) is 14.4 Å². The number of nitrogens with one attached hydrogen (secondary N) is 2. The first-order valence-corrected chi connectivity index (χ1v) is 8.73. The summed E-state index contributed by atoms with van der Waals surface area (Å²) in [5.41, 5.74) is 0.640. The first kappa shape index (κ1) is 18.6. The molecule has 0 bridgehead atoms. The van der Waals surface area contributed by atoms with Crippen LogP contribution in [0.15, 0.2) is 35.4 Å². The van der Waals surface area contributed by atoms with Crippen molar-refractivity contribution in [3.8, 4) is 5.75 Å². The van der Waals surface area contributed by atoms with Crippen LogP contribution >= 0.6 is 0 Å². The fourth-order valence-electron chi connectivity index (χ4n) is 2.70. The van der Waals surface area contributed by atoms with E-state index in [0.29, 0.717) is 24.0 Å². The predicted molar refractivity (Wildman–Crippen MR) is 96.6 cm³/mol. The first-order chi connectivity index (χ1) is 13.0. The normalized spacial score (nSPS) is 13.5. The van der Waals surface area contributed by atoms with Crippen LogP contribution in [0.2, 0.25) is 0 Å². The molecular formula is C19H21N3O5. The van der Waals surface area contributed by atoms with Crippen molar-refractivity contribution in [3.05, 3.63) is 57.8 Å². The van der Waals surface area contributed by atoms with Gasteiger partial charge in [0.15, 0.2) is 0 Å². The Morgan fingerprint density at radius 3 is 2.67 bits per heavy atom. The molecule has 1 saturated carbocycles. The Labute approximate surface area is 155 Å². The number of H-pyrrole nitrogens is 1. The van der Waals surface area contributed by atoms with Crippen LogP contribution < -0.4 is 15.6 Å².